The molecule has 0 bridgehead atoms. The van der Waals surface area contributed by atoms with Crippen LogP contribution in [0.4, 0.5) is 5.69 Å². The van der Waals surface area contributed by atoms with Gasteiger partial charge in [-0.2, -0.15) is 0 Å². The minimum atomic E-state index is -0.927. The molecule has 4 heteroatoms. The molecule has 0 saturated carbocycles. The number of rotatable bonds is 3. The maximum absolute atomic E-state index is 12.5. The number of carboxylic acids is 1. The van der Waals surface area contributed by atoms with E-state index in [1.54, 1.807) is 23.1 Å². The summed E-state index contributed by atoms with van der Waals surface area (Å²) in [5.41, 5.74) is 2.20. The van der Waals surface area contributed by atoms with Crippen molar-refractivity contribution in [1.29, 1.82) is 0 Å². The summed E-state index contributed by atoms with van der Waals surface area (Å²) < 4.78 is 0. The van der Waals surface area contributed by atoms with Crippen molar-refractivity contribution in [2.24, 2.45) is 11.3 Å². The lowest BCUT2D eigenvalue weighted by Gasteiger charge is -2.28. The maximum Gasteiger partial charge on any atom is 0.335 e. The van der Waals surface area contributed by atoms with Gasteiger partial charge in [-0.25, -0.2) is 4.79 Å². The average Bonchev–Trinajstić information content (AvgIpc) is 2.80. The van der Waals surface area contributed by atoms with Gasteiger partial charge in [0, 0.05) is 18.7 Å². The monoisotopic (exact) mass is 289 g/mol. The zero-order chi connectivity index (χ0) is 15.8. The fourth-order valence-corrected chi connectivity index (χ4v) is 2.47. The zero-order valence-electron chi connectivity index (χ0n) is 13.1. The number of amides is 1. The first-order valence-corrected chi connectivity index (χ1v) is 7.36. The first kappa shape index (κ1) is 15.5. The number of benzene rings is 1. The summed E-state index contributed by atoms with van der Waals surface area (Å²) in [4.78, 5) is 25.3. The van der Waals surface area contributed by atoms with Crippen molar-refractivity contribution < 1.29 is 14.7 Å². The van der Waals surface area contributed by atoms with Crippen molar-refractivity contribution in [3.05, 3.63) is 29.3 Å². The third kappa shape index (κ3) is 3.26. The van der Waals surface area contributed by atoms with Crippen LogP contribution < -0.4 is 4.90 Å². The molecule has 114 valence electrons. The van der Waals surface area contributed by atoms with Gasteiger partial charge in [0.25, 0.3) is 0 Å². The van der Waals surface area contributed by atoms with Gasteiger partial charge in [0.15, 0.2) is 0 Å². The number of carbonyl (C=O) groups excluding carboxylic acids is 1. The summed E-state index contributed by atoms with van der Waals surface area (Å²) in [5, 5.41) is 9.02. The summed E-state index contributed by atoms with van der Waals surface area (Å²) in [7, 11) is 0. The van der Waals surface area contributed by atoms with Crippen molar-refractivity contribution in [2.45, 2.75) is 40.5 Å². The molecule has 21 heavy (non-hydrogen) atoms. The highest BCUT2D eigenvalue weighted by Gasteiger charge is 2.29. The molecule has 0 fully saturated rings. The average molecular weight is 289 g/mol. The number of hydrogen-bond acceptors (Lipinski definition) is 2. The van der Waals surface area contributed by atoms with E-state index in [0.29, 0.717) is 18.9 Å². The molecule has 4 nitrogen and oxygen atoms in total. The van der Waals surface area contributed by atoms with E-state index in [-0.39, 0.29) is 16.9 Å². The van der Waals surface area contributed by atoms with Crippen LogP contribution in [0, 0.1) is 11.3 Å². The lowest BCUT2D eigenvalue weighted by molar-refractivity contribution is -0.120. The van der Waals surface area contributed by atoms with E-state index in [1.165, 1.54) is 0 Å². The number of nitrogens with zero attached hydrogens (tertiary/aromatic N) is 1. The van der Waals surface area contributed by atoms with Gasteiger partial charge in [-0.15, -0.1) is 0 Å². The highest BCUT2D eigenvalue weighted by atomic mass is 16.4. The maximum atomic E-state index is 12.5. The Labute approximate surface area is 125 Å². The Bertz CT molecular complexity index is 572. The van der Waals surface area contributed by atoms with Crippen LogP contribution in [0.15, 0.2) is 18.2 Å². The second-order valence-electron chi connectivity index (χ2n) is 6.92. The van der Waals surface area contributed by atoms with Crippen molar-refractivity contribution in [2.75, 3.05) is 11.4 Å². The van der Waals surface area contributed by atoms with Crippen LogP contribution >= 0.6 is 0 Å². The summed E-state index contributed by atoms with van der Waals surface area (Å²) in [6.45, 7) is 9.17. The predicted octanol–water partition coefficient (Wildman–Crippen LogP) is 3.35. The van der Waals surface area contributed by atoms with Crippen molar-refractivity contribution >= 4 is 17.6 Å². The molecule has 1 aromatic carbocycles. The number of aromatic carboxylic acids is 1. The Kier molecular flexibility index (Phi) is 4.08. The lowest BCUT2D eigenvalue weighted by atomic mass is 9.80. The fourth-order valence-electron chi connectivity index (χ4n) is 2.47. The van der Waals surface area contributed by atoms with Crippen LogP contribution in [0.1, 0.15) is 50.0 Å². The highest BCUT2D eigenvalue weighted by molar-refractivity contribution is 5.97. The van der Waals surface area contributed by atoms with E-state index in [0.717, 1.165) is 17.7 Å². The smallest absolute Gasteiger partial charge is 0.335 e. The quantitative estimate of drug-likeness (QED) is 0.928. The molecule has 1 aliphatic heterocycles. The first-order chi connectivity index (χ1) is 9.70. The van der Waals surface area contributed by atoms with Gasteiger partial charge in [-0.1, -0.05) is 27.7 Å². The number of fused-ring (bicyclic) bond motifs is 1. The molecule has 0 aliphatic carbocycles. The molecule has 0 saturated heterocycles. The number of carboxylic acid groups (broad SMARTS) is 1. The summed E-state index contributed by atoms with van der Waals surface area (Å²) in [5.74, 6) is -0.504. The SMILES string of the molecule is CC(CC(=O)N1CCc2cc(C(=O)O)ccc21)C(C)(C)C. The Morgan fingerprint density at radius 2 is 2.00 bits per heavy atom. The van der Waals surface area contributed by atoms with Gasteiger partial charge in [0.1, 0.15) is 0 Å². The Morgan fingerprint density at radius 3 is 2.57 bits per heavy atom. The molecule has 1 aromatic rings. The standard InChI is InChI=1S/C17H23NO3/c1-11(17(2,3)4)9-15(19)18-8-7-12-10-13(16(20)21)5-6-14(12)18/h5-6,10-11H,7-9H2,1-4H3,(H,20,21). The molecule has 1 amide bonds. The van der Waals surface area contributed by atoms with Crippen LogP contribution in [-0.2, 0) is 11.2 Å². The lowest BCUT2D eigenvalue weighted by Crippen LogP contribution is -2.32. The molecule has 1 N–H and O–H groups in total. The minimum absolute atomic E-state index is 0.103. The van der Waals surface area contributed by atoms with Crippen LogP contribution in [0.25, 0.3) is 0 Å². The van der Waals surface area contributed by atoms with Crippen molar-refractivity contribution in [3.63, 3.8) is 0 Å². The molecular formula is C17H23NO3. The van der Waals surface area contributed by atoms with Gasteiger partial charge in [-0.3, -0.25) is 4.79 Å². The Morgan fingerprint density at radius 1 is 1.33 bits per heavy atom. The molecule has 1 unspecified atom stereocenters. The fraction of sp³-hybridized carbons (Fsp3) is 0.529. The molecule has 0 radical (unpaired) electrons. The van der Waals surface area contributed by atoms with Gasteiger partial charge in [0.2, 0.25) is 5.91 Å². The van der Waals surface area contributed by atoms with Crippen LogP contribution in [0.5, 0.6) is 0 Å². The highest BCUT2D eigenvalue weighted by Crippen LogP contribution is 2.33. The van der Waals surface area contributed by atoms with E-state index in [4.69, 9.17) is 5.11 Å². The zero-order valence-corrected chi connectivity index (χ0v) is 13.1. The van der Waals surface area contributed by atoms with Gasteiger partial charge < -0.3 is 10.0 Å². The normalized spacial score (nSPS) is 15.7. The molecular weight excluding hydrogens is 266 g/mol. The third-order valence-corrected chi connectivity index (χ3v) is 4.48. The van der Waals surface area contributed by atoms with Crippen molar-refractivity contribution in [1.82, 2.24) is 0 Å². The van der Waals surface area contributed by atoms with E-state index in [9.17, 15) is 9.59 Å². The van der Waals surface area contributed by atoms with E-state index < -0.39 is 5.97 Å². The molecule has 1 atom stereocenters. The van der Waals surface area contributed by atoms with Crippen LogP contribution in [0.3, 0.4) is 0 Å². The van der Waals surface area contributed by atoms with Gasteiger partial charge in [0.05, 0.1) is 5.56 Å². The molecule has 2 rings (SSSR count). The Balaban J connectivity index is 2.16. The Hall–Kier alpha value is -1.84. The van der Waals surface area contributed by atoms with Gasteiger partial charge >= 0.3 is 5.97 Å². The summed E-state index contributed by atoms with van der Waals surface area (Å²) in [6, 6.07) is 5.00. The molecule has 0 spiro atoms. The van der Waals surface area contributed by atoms with Crippen molar-refractivity contribution in [3.8, 4) is 0 Å². The van der Waals surface area contributed by atoms with E-state index in [1.807, 2.05) is 0 Å². The number of hydrogen-bond donors (Lipinski definition) is 1. The predicted molar refractivity (Wildman–Crippen MR) is 82.7 cm³/mol. The van der Waals surface area contributed by atoms with Crippen LogP contribution in [0.2, 0.25) is 0 Å². The first-order valence-electron chi connectivity index (χ1n) is 7.36. The third-order valence-electron chi connectivity index (χ3n) is 4.48. The second kappa shape index (κ2) is 5.51. The van der Waals surface area contributed by atoms with E-state index >= 15 is 0 Å². The number of carbonyl (C=O) groups is 2. The molecule has 1 heterocycles. The second-order valence-corrected chi connectivity index (χ2v) is 6.92. The molecule has 1 aliphatic rings. The summed E-state index contributed by atoms with van der Waals surface area (Å²) >= 11 is 0. The van der Waals surface area contributed by atoms with Crippen LogP contribution in [-0.4, -0.2) is 23.5 Å². The topological polar surface area (TPSA) is 57.6 Å². The van der Waals surface area contributed by atoms with E-state index in [2.05, 4.69) is 27.7 Å². The largest absolute Gasteiger partial charge is 0.478 e. The van der Waals surface area contributed by atoms with Gasteiger partial charge in [-0.05, 0) is 41.5 Å². The number of anilines is 1. The summed E-state index contributed by atoms with van der Waals surface area (Å²) in [6.07, 6.45) is 1.25. The molecule has 0 aromatic heterocycles. The minimum Gasteiger partial charge on any atom is -0.478 e.